The zero-order chi connectivity index (χ0) is 13.9. The monoisotopic (exact) mass is 273 g/mol. The molecule has 1 aliphatic heterocycles. The lowest BCUT2D eigenvalue weighted by Gasteiger charge is -2.35. The Balaban J connectivity index is 2.01. The highest BCUT2D eigenvalue weighted by atomic mass is 16.5. The third-order valence-electron chi connectivity index (χ3n) is 3.46. The van der Waals surface area contributed by atoms with Gasteiger partial charge in [-0.2, -0.15) is 5.10 Å². The highest BCUT2D eigenvalue weighted by Gasteiger charge is 2.27. The lowest BCUT2D eigenvalue weighted by atomic mass is 10.1. The van der Waals surface area contributed by atoms with Gasteiger partial charge in [-0.05, 0) is 0 Å². The maximum Gasteiger partial charge on any atom is 0.305 e. The molecule has 1 aromatic carbocycles. The predicted octanol–water partition coefficient (Wildman–Crippen LogP) is 1.31. The van der Waals surface area contributed by atoms with Gasteiger partial charge in [-0.25, -0.2) is 0 Å². The third-order valence-corrected chi connectivity index (χ3v) is 3.46. The van der Waals surface area contributed by atoms with Gasteiger partial charge in [-0.15, -0.1) is 5.10 Å². The van der Waals surface area contributed by atoms with Crippen LogP contribution in [0.4, 0.5) is 5.82 Å². The molecule has 0 amide bonds. The topological polar surface area (TPSA) is 75.6 Å². The number of carboxylic acid groups (broad SMARTS) is 1. The van der Waals surface area contributed by atoms with Crippen molar-refractivity contribution in [2.45, 2.75) is 12.5 Å². The summed E-state index contributed by atoms with van der Waals surface area (Å²) in [5.41, 5.74) is 0. The summed E-state index contributed by atoms with van der Waals surface area (Å²) < 4.78 is 5.39. The lowest BCUT2D eigenvalue weighted by Crippen LogP contribution is -2.47. The first-order chi connectivity index (χ1) is 9.75. The normalized spacial score (nSPS) is 19.2. The SMILES string of the molecule is O=C(O)CC1COCCN1c1nncc2ccccc12. The first-order valence-electron chi connectivity index (χ1n) is 6.52. The molecule has 6 heteroatoms. The number of ether oxygens (including phenoxy) is 1. The number of nitrogens with zero attached hydrogens (tertiary/aromatic N) is 3. The fourth-order valence-corrected chi connectivity index (χ4v) is 2.53. The molecule has 20 heavy (non-hydrogen) atoms. The highest BCUT2D eigenvalue weighted by Crippen LogP contribution is 2.26. The van der Waals surface area contributed by atoms with E-state index in [-0.39, 0.29) is 12.5 Å². The molecule has 1 fully saturated rings. The minimum absolute atomic E-state index is 0.0326. The number of anilines is 1. The molecule has 0 saturated carbocycles. The zero-order valence-corrected chi connectivity index (χ0v) is 10.9. The number of aliphatic carboxylic acids is 1. The van der Waals surface area contributed by atoms with Gasteiger partial charge >= 0.3 is 5.97 Å². The number of rotatable bonds is 3. The third kappa shape index (κ3) is 2.42. The van der Waals surface area contributed by atoms with Gasteiger partial charge in [0.2, 0.25) is 0 Å². The van der Waals surface area contributed by atoms with E-state index in [2.05, 4.69) is 10.2 Å². The Morgan fingerprint density at radius 3 is 3.15 bits per heavy atom. The van der Waals surface area contributed by atoms with Gasteiger partial charge in [0.15, 0.2) is 5.82 Å². The van der Waals surface area contributed by atoms with E-state index in [9.17, 15) is 4.79 Å². The van der Waals surface area contributed by atoms with E-state index in [0.717, 1.165) is 16.6 Å². The molecule has 1 unspecified atom stereocenters. The van der Waals surface area contributed by atoms with E-state index in [4.69, 9.17) is 9.84 Å². The second-order valence-electron chi connectivity index (χ2n) is 4.78. The number of hydrogen-bond acceptors (Lipinski definition) is 5. The van der Waals surface area contributed by atoms with Crippen LogP contribution in [0.5, 0.6) is 0 Å². The highest BCUT2D eigenvalue weighted by molar-refractivity contribution is 5.91. The zero-order valence-electron chi connectivity index (χ0n) is 10.9. The largest absolute Gasteiger partial charge is 0.481 e. The Morgan fingerprint density at radius 1 is 1.45 bits per heavy atom. The first kappa shape index (κ1) is 12.8. The van der Waals surface area contributed by atoms with E-state index in [1.54, 1.807) is 6.20 Å². The van der Waals surface area contributed by atoms with Crippen LogP contribution in [0, 0.1) is 0 Å². The van der Waals surface area contributed by atoms with Crippen molar-refractivity contribution in [3.8, 4) is 0 Å². The molecule has 2 heterocycles. The maximum atomic E-state index is 11.0. The number of carbonyl (C=O) groups is 1. The Bertz CT molecular complexity index is 627. The summed E-state index contributed by atoms with van der Waals surface area (Å²) in [5, 5.41) is 19.2. The Kier molecular flexibility index (Phi) is 3.47. The van der Waals surface area contributed by atoms with Gasteiger partial charge in [-0.3, -0.25) is 4.79 Å². The van der Waals surface area contributed by atoms with Gasteiger partial charge < -0.3 is 14.7 Å². The smallest absolute Gasteiger partial charge is 0.305 e. The minimum atomic E-state index is -0.835. The number of carboxylic acids is 1. The molecule has 1 saturated heterocycles. The summed E-state index contributed by atoms with van der Waals surface area (Å²) in [4.78, 5) is 13.0. The maximum absolute atomic E-state index is 11.0. The van der Waals surface area contributed by atoms with Crippen LogP contribution in [-0.2, 0) is 9.53 Å². The van der Waals surface area contributed by atoms with Crippen LogP contribution >= 0.6 is 0 Å². The Morgan fingerprint density at radius 2 is 2.30 bits per heavy atom. The average molecular weight is 273 g/mol. The summed E-state index contributed by atoms with van der Waals surface area (Å²) in [6, 6.07) is 7.63. The van der Waals surface area contributed by atoms with Crippen molar-refractivity contribution in [2.75, 3.05) is 24.7 Å². The van der Waals surface area contributed by atoms with E-state index in [0.29, 0.717) is 19.8 Å². The first-order valence-corrected chi connectivity index (χ1v) is 6.52. The fraction of sp³-hybridized carbons (Fsp3) is 0.357. The average Bonchev–Trinajstić information content (AvgIpc) is 2.47. The van der Waals surface area contributed by atoms with E-state index < -0.39 is 5.97 Å². The summed E-state index contributed by atoms with van der Waals surface area (Å²) in [6.07, 6.45) is 1.75. The van der Waals surface area contributed by atoms with Crippen molar-refractivity contribution in [2.24, 2.45) is 0 Å². The van der Waals surface area contributed by atoms with Gasteiger partial charge in [0, 0.05) is 17.3 Å². The molecule has 1 atom stereocenters. The van der Waals surface area contributed by atoms with Crippen LogP contribution < -0.4 is 4.90 Å². The number of fused-ring (bicyclic) bond motifs is 1. The van der Waals surface area contributed by atoms with Crippen LogP contribution in [0.25, 0.3) is 10.8 Å². The van der Waals surface area contributed by atoms with E-state index in [1.807, 2.05) is 29.2 Å². The van der Waals surface area contributed by atoms with Gasteiger partial charge in [-0.1, -0.05) is 24.3 Å². The van der Waals surface area contributed by atoms with E-state index in [1.165, 1.54) is 0 Å². The van der Waals surface area contributed by atoms with Gasteiger partial charge in [0.1, 0.15) is 0 Å². The lowest BCUT2D eigenvalue weighted by molar-refractivity contribution is -0.138. The molecule has 1 N–H and O–H groups in total. The molecule has 104 valence electrons. The molecule has 1 aliphatic rings. The molecule has 2 aromatic rings. The molecular weight excluding hydrogens is 258 g/mol. The van der Waals surface area contributed by atoms with E-state index >= 15 is 0 Å². The predicted molar refractivity (Wildman–Crippen MR) is 73.7 cm³/mol. The second kappa shape index (κ2) is 5.42. The number of hydrogen-bond donors (Lipinski definition) is 1. The Labute approximate surface area is 116 Å². The minimum Gasteiger partial charge on any atom is -0.481 e. The van der Waals surface area contributed by atoms with Crippen LogP contribution in [0.2, 0.25) is 0 Å². The van der Waals surface area contributed by atoms with Crippen molar-refractivity contribution >= 4 is 22.6 Å². The summed E-state index contributed by atoms with van der Waals surface area (Å²) in [6.45, 7) is 1.60. The van der Waals surface area contributed by atoms with Crippen LogP contribution in [-0.4, -0.2) is 47.1 Å². The number of aromatic nitrogens is 2. The molecule has 1 aromatic heterocycles. The van der Waals surface area contributed by atoms with Crippen molar-refractivity contribution in [3.05, 3.63) is 30.5 Å². The molecule has 0 bridgehead atoms. The molecule has 6 nitrogen and oxygen atoms in total. The Hall–Kier alpha value is -2.21. The number of morpholine rings is 1. The fourth-order valence-electron chi connectivity index (χ4n) is 2.53. The van der Waals surface area contributed by atoms with Crippen LogP contribution in [0.15, 0.2) is 30.5 Å². The molecule has 3 rings (SSSR count). The number of benzene rings is 1. The summed E-state index contributed by atoms with van der Waals surface area (Å²) >= 11 is 0. The molecule has 0 aliphatic carbocycles. The van der Waals surface area contributed by atoms with Gasteiger partial charge in [0.25, 0.3) is 0 Å². The van der Waals surface area contributed by atoms with Gasteiger partial charge in [0.05, 0.1) is 31.9 Å². The van der Waals surface area contributed by atoms with Crippen molar-refractivity contribution in [3.63, 3.8) is 0 Å². The molecule has 0 spiro atoms. The van der Waals surface area contributed by atoms with Crippen LogP contribution in [0.3, 0.4) is 0 Å². The van der Waals surface area contributed by atoms with Crippen molar-refractivity contribution in [1.29, 1.82) is 0 Å². The second-order valence-corrected chi connectivity index (χ2v) is 4.78. The van der Waals surface area contributed by atoms with Crippen molar-refractivity contribution < 1.29 is 14.6 Å². The molecule has 0 radical (unpaired) electrons. The quantitative estimate of drug-likeness (QED) is 0.908. The summed E-state index contributed by atoms with van der Waals surface area (Å²) in [7, 11) is 0. The molecular formula is C14H15N3O3. The van der Waals surface area contributed by atoms with Crippen molar-refractivity contribution in [1.82, 2.24) is 10.2 Å². The summed E-state index contributed by atoms with van der Waals surface area (Å²) in [5.74, 6) is -0.101. The standard InChI is InChI=1S/C14H15N3O3/c18-13(19)7-11-9-20-6-5-17(11)14-12-4-2-1-3-10(12)8-15-16-14/h1-4,8,11H,5-7,9H2,(H,18,19). The van der Waals surface area contributed by atoms with Crippen LogP contribution in [0.1, 0.15) is 6.42 Å².